The molecule has 0 unspecified atom stereocenters. The van der Waals surface area contributed by atoms with Crippen molar-refractivity contribution in [2.45, 2.75) is 0 Å². The number of benzene rings is 2. The fourth-order valence-corrected chi connectivity index (χ4v) is 2.19. The van der Waals surface area contributed by atoms with Crippen molar-refractivity contribution in [1.82, 2.24) is 15.6 Å². The van der Waals surface area contributed by atoms with E-state index in [1.54, 1.807) is 6.21 Å². The molecule has 0 aliphatic rings. The Kier molecular flexibility index (Phi) is 5.53. The lowest BCUT2D eigenvalue weighted by molar-refractivity contribution is -0.119. The van der Waals surface area contributed by atoms with E-state index >= 15 is 0 Å². The van der Waals surface area contributed by atoms with Crippen LogP contribution < -0.4 is 10.7 Å². The van der Waals surface area contributed by atoms with Gasteiger partial charge in [0.1, 0.15) is 6.54 Å². The number of aromatic nitrogens is 2. The molecule has 0 spiro atoms. The molecule has 1 heterocycles. The monoisotopic (exact) mass is 399 g/mol. The van der Waals surface area contributed by atoms with Crippen molar-refractivity contribution in [3.05, 3.63) is 64.6 Å². The van der Waals surface area contributed by atoms with Crippen LogP contribution in [0.25, 0.3) is 11.4 Å². The number of carbonyl (C=O) groups excluding carboxylic acids is 1. The van der Waals surface area contributed by atoms with Crippen molar-refractivity contribution in [1.29, 1.82) is 0 Å². The molecule has 7 nitrogen and oxygen atoms in total. The van der Waals surface area contributed by atoms with Gasteiger partial charge in [-0.2, -0.15) is 10.1 Å². The average Bonchev–Trinajstić information content (AvgIpc) is 3.11. The Bertz CT molecular complexity index is 862. The second kappa shape index (κ2) is 8.20. The van der Waals surface area contributed by atoms with Gasteiger partial charge in [-0.15, -0.1) is 0 Å². The lowest BCUT2D eigenvalue weighted by Gasteiger charge is -1.99. The third-order valence-corrected chi connectivity index (χ3v) is 3.66. The number of hydrazone groups is 1. The maximum absolute atomic E-state index is 11.8. The number of rotatable bonds is 6. The molecule has 0 saturated heterocycles. The van der Waals surface area contributed by atoms with Crippen LogP contribution in [0.2, 0.25) is 0 Å². The molecule has 0 radical (unpaired) electrons. The normalized spacial score (nSPS) is 10.8. The molecule has 0 fully saturated rings. The summed E-state index contributed by atoms with van der Waals surface area (Å²) in [6, 6.07) is 17.1. The van der Waals surface area contributed by atoms with Crippen LogP contribution in [0.4, 0.5) is 6.01 Å². The summed E-state index contributed by atoms with van der Waals surface area (Å²) in [6.07, 6.45) is 1.56. The smallest absolute Gasteiger partial charge is 0.322 e. The molecule has 0 aliphatic heterocycles. The molecule has 3 aromatic rings. The van der Waals surface area contributed by atoms with Crippen molar-refractivity contribution in [3.8, 4) is 11.4 Å². The van der Waals surface area contributed by atoms with Gasteiger partial charge in [-0.25, -0.2) is 5.43 Å². The van der Waals surface area contributed by atoms with Crippen LogP contribution in [-0.2, 0) is 4.79 Å². The molecule has 25 heavy (non-hydrogen) atoms. The van der Waals surface area contributed by atoms with Gasteiger partial charge in [0.2, 0.25) is 5.82 Å². The summed E-state index contributed by atoms with van der Waals surface area (Å²) in [5, 5.41) is 10.5. The van der Waals surface area contributed by atoms with E-state index in [9.17, 15) is 4.79 Å². The van der Waals surface area contributed by atoms with E-state index in [0.717, 1.165) is 15.6 Å². The topological polar surface area (TPSA) is 92.4 Å². The van der Waals surface area contributed by atoms with Gasteiger partial charge in [0.25, 0.3) is 5.91 Å². The largest absolute Gasteiger partial charge is 0.329 e. The summed E-state index contributed by atoms with van der Waals surface area (Å²) in [4.78, 5) is 15.9. The molecule has 2 aromatic carbocycles. The van der Waals surface area contributed by atoms with Crippen molar-refractivity contribution < 1.29 is 9.32 Å². The van der Waals surface area contributed by atoms with E-state index in [1.165, 1.54) is 0 Å². The molecule has 2 N–H and O–H groups in total. The number of amides is 1. The zero-order valence-corrected chi connectivity index (χ0v) is 14.6. The van der Waals surface area contributed by atoms with Gasteiger partial charge in [-0.1, -0.05) is 63.6 Å². The van der Waals surface area contributed by atoms with Gasteiger partial charge in [0.15, 0.2) is 0 Å². The van der Waals surface area contributed by atoms with E-state index in [0.29, 0.717) is 5.82 Å². The average molecular weight is 400 g/mol. The molecule has 0 atom stereocenters. The zero-order chi connectivity index (χ0) is 17.5. The molecule has 1 aromatic heterocycles. The summed E-state index contributed by atoms with van der Waals surface area (Å²) < 4.78 is 6.04. The summed E-state index contributed by atoms with van der Waals surface area (Å²) in [6.45, 7) is -0.0336. The first-order valence-corrected chi connectivity index (χ1v) is 8.20. The van der Waals surface area contributed by atoms with Gasteiger partial charge in [-0.05, 0) is 17.7 Å². The lowest BCUT2D eigenvalue weighted by atomic mass is 10.2. The van der Waals surface area contributed by atoms with Crippen LogP contribution in [0, 0.1) is 0 Å². The number of halogens is 1. The van der Waals surface area contributed by atoms with Crippen molar-refractivity contribution in [2.75, 3.05) is 11.9 Å². The first-order chi connectivity index (χ1) is 12.2. The van der Waals surface area contributed by atoms with Crippen molar-refractivity contribution in [3.63, 3.8) is 0 Å². The quantitative estimate of drug-likeness (QED) is 0.490. The highest BCUT2D eigenvalue weighted by Crippen LogP contribution is 2.16. The second-order valence-corrected chi connectivity index (χ2v) is 5.90. The molecule has 0 bridgehead atoms. The molecular formula is C17H14BrN5O2. The Hall–Kier alpha value is -3.00. The molecule has 126 valence electrons. The van der Waals surface area contributed by atoms with Crippen molar-refractivity contribution >= 4 is 34.1 Å². The molecule has 8 heteroatoms. The third kappa shape index (κ3) is 4.98. The Morgan fingerprint density at radius 3 is 2.68 bits per heavy atom. The van der Waals surface area contributed by atoms with Gasteiger partial charge in [0.05, 0.1) is 6.21 Å². The predicted octanol–water partition coefficient (Wildman–Crippen LogP) is 3.06. The van der Waals surface area contributed by atoms with E-state index < -0.39 is 0 Å². The van der Waals surface area contributed by atoms with Crippen LogP contribution in [0.3, 0.4) is 0 Å². The van der Waals surface area contributed by atoms with E-state index in [1.807, 2.05) is 54.6 Å². The Balaban J connectivity index is 1.48. The summed E-state index contributed by atoms with van der Waals surface area (Å²) in [7, 11) is 0. The first kappa shape index (κ1) is 16.8. The zero-order valence-electron chi connectivity index (χ0n) is 13.0. The second-order valence-electron chi connectivity index (χ2n) is 4.99. The number of nitrogens with one attached hydrogen (secondary N) is 2. The van der Waals surface area contributed by atoms with Crippen LogP contribution in [-0.4, -0.2) is 28.8 Å². The molecular weight excluding hydrogens is 386 g/mol. The van der Waals surface area contributed by atoms with E-state index in [-0.39, 0.29) is 18.5 Å². The number of carbonyl (C=O) groups is 1. The maximum atomic E-state index is 11.8. The van der Waals surface area contributed by atoms with Crippen LogP contribution in [0.1, 0.15) is 5.56 Å². The standard InChI is InChI=1S/C17H14BrN5O2/c18-14-8-6-12(7-9-14)10-20-22-15(24)11-19-17-21-16(23-25-17)13-4-2-1-3-5-13/h1-10H,11H2,(H,22,24)(H,19,21,23)/b20-10-. The number of anilines is 1. The molecule has 1 amide bonds. The Morgan fingerprint density at radius 2 is 1.92 bits per heavy atom. The Labute approximate surface area is 152 Å². The van der Waals surface area contributed by atoms with Gasteiger partial charge >= 0.3 is 6.01 Å². The Morgan fingerprint density at radius 1 is 1.16 bits per heavy atom. The number of hydrogen-bond donors (Lipinski definition) is 2. The third-order valence-electron chi connectivity index (χ3n) is 3.13. The minimum Gasteiger partial charge on any atom is -0.329 e. The van der Waals surface area contributed by atoms with E-state index in [2.05, 4.69) is 41.9 Å². The SMILES string of the molecule is O=C(CNc1nc(-c2ccccc2)no1)N/N=C\c1ccc(Br)cc1. The molecule has 0 aliphatic carbocycles. The first-order valence-electron chi connectivity index (χ1n) is 7.41. The summed E-state index contributed by atoms with van der Waals surface area (Å²) in [5.74, 6) is 0.129. The van der Waals surface area contributed by atoms with Crippen molar-refractivity contribution in [2.24, 2.45) is 5.10 Å². The minimum atomic E-state index is -0.326. The summed E-state index contributed by atoms with van der Waals surface area (Å²) in [5.41, 5.74) is 4.13. The highest BCUT2D eigenvalue weighted by Gasteiger charge is 2.08. The molecule has 0 saturated carbocycles. The maximum Gasteiger partial charge on any atom is 0.322 e. The minimum absolute atomic E-state index is 0.0336. The van der Waals surface area contributed by atoms with Gasteiger partial charge in [0, 0.05) is 10.0 Å². The van der Waals surface area contributed by atoms with E-state index in [4.69, 9.17) is 4.52 Å². The van der Waals surface area contributed by atoms with Crippen LogP contribution in [0.5, 0.6) is 0 Å². The highest BCUT2D eigenvalue weighted by atomic mass is 79.9. The molecule has 3 rings (SSSR count). The number of hydrogen-bond acceptors (Lipinski definition) is 6. The number of nitrogens with zero attached hydrogens (tertiary/aromatic N) is 3. The summed E-state index contributed by atoms with van der Waals surface area (Å²) >= 11 is 3.35. The lowest BCUT2D eigenvalue weighted by Crippen LogP contribution is -2.25. The van der Waals surface area contributed by atoms with Crippen LogP contribution in [0.15, 0.2) is 68.7 Å². The fourth-order valence-electron chi connectivity index (χ4n) is 1.92. The predicted molar refractivity (Wildman–Crippen MR) is 98.1 cm³/mol. The van der Waals surface area contributed by atoms with Crippen LogP contribution >= 0.6 is 15.9 Å². The van der Waals surface area contributed by atoms with Gasteiger partial charge in [-0.3, -0.25) is 4.79 Å². The van der Waals surface area contributed by atoms with Gasteiger partial charge < -0.3 is 9.84 Å². The fraction of sp³-hybridized carbons (Fsp3) is 0.0588. The highest BCUT2D eigenvalue weighted by molar-refractivity contribution is 9.10.